The van der Waals surface area contributed by atoms with Crippen LogP contribution >= 0.6 is 0 Å². The number of ether oxygens (including phenoxy) is 1. The number of likely N-dealkylation sites (tertiary alicyclic amines) is 1. The van der Waals surface area contributed by atoms with Crippen LogP contribution in [0.4, 0.5) is 5.69 Å². The average molecular weight is 401 g/mol. The van der Waals surface area contributed by atoms with E-state index in [1.165, 1.54) is 0 Å². The van der Waals surface area contributed by atoms with E-state index in [2.05, 4.69) is 4.98 Å². The van der Waals surface area contributed by atoms with E-state index in [0.717, 1.165) is 23.0 Å². The second-order valence-corrected chi connectivity index (χ2v) is 7.90. The van der Waals surface area contributed by atoms with Gasteiger partial charge < -0.3 is 14.5 Å². The number of fused-ring (bicyclic) bond motifs is 1. The van der Waals surface area contributed by atoms with E-state index in [0.29, 0.717) is 25.5 Å². The van der Waals surface area contributed by atoms with E-state index in [1.807, 2.05) is 71.6 Å². The van der Waals surface area contributed by atoms with Gasteiger partial charge in [-0.3, -0.25) is 9.59 Å². The van der Waals surface area contributed by atoms with Crippen LogP contribution in [-0.2, 0) is 9.59 Å². The number of hydrogen-bond acceptors (Lipinski definition) is 4. The number of rotatable bonds is 4. The molecule has 2 fully saturated rings. The van der Waals surface area contributed by atoms with Gasteiger partial charge in [-0.2, -0.15) is 0 Å². The quantitative estimate of drug-likeness (QED) is 0.673. The zero-order chi connectivity index (χ0) is 20.5. The number of nitrogens with zero attached hydrogens (tertiary/aromatic N) is 3. The normalized spacial score (nSPS) is 21.4. The van der Waals surface area contributed by atoms with Gasteiger partial charge in [-0.05, 0) is 24.3 Å². The van der Waals surface area contributed by atoms with Crippen molar-refractivity contribution in [3.05, 3.63) is 66.7 Å². The number of carbonyl (C=O) groups is 2. The maximum absolute atomic E-state index is 13.0. The number of pyridine rings is 1. The number of para-hydroxylation sites is 2. The molecule has 2 amide bonds. The zero-order valence-electron chi connectivity index (χ0n) is 16.6. The number of aromatic nitrogens is 1. The third-order valence-corrected chi connectivity index (χ3v) is 5.86. The molecule has 2 aromatic carbocycles. The van der Waals surface area contributed by atoms with Gasteiger partial charge in [0.1, 0.15) is 6.10 Å². The SMILES string of the molecule is O=C(C1CC(=O)N(c2ccccc2)C1)N1CCC(Oc2ccc3ccccc3n2)C1. The standard InChI is InChI=1S/C24H23N3O3/c28-23-14-18(15-27(23)19-7-2-1-3-8-19)24(29)26-13-12-20(16-26)30-22-11-10-17-6-4-5-9-21(17)25-22/h1-11,18,20H,12-16H2. The number of benzene rings is 2. The number of amides is 2. The molecule has 0 saturated carbocycles. The second-order valence-electron chi connectivity index (χ2n) is 7.90. The Morgan fingerprint density at radius 3 is 2.63 bits per heavy atom. The molecule has 0 spiro atoms. The Hall–Kier alpha value is -3.41. The van der Waals surface area contributed by atoms with Crippen LogP contribution < -0.4 is 9.64 Å². The molecule has 2 saturated heterocycles. The van der Waals surface area contributed by atoms with Gasteiger partial charge in [0.25, 0.3) is 0 Å². The molecule has 2 aliphatic heterocycles. The first-order valence-electron chi connectivity index (χ1n) is 10.3. The lowest BCUT2D eigenvalue weighted by Crippen LogP contribution is -2.37. The Balaban J connectivity index is 1.21. The molecule has 30 heavy (non-hydrogen) atoms. The van der Waals surface area contributed by atoms with E-state index in [4.69, 9.17) is 4.74 Å². The fourth-order valence-electron chi connectivity index (χ4n) is 4.30. The molecule has 0 bridgehead atoms. The molecule has 3 heterocycles. The van der Waals surface area contributed by atoms with Gasteiger partial charge in [0.2, 0.25) is 17.7 Å². The lowest BCUT2D eigenvalue weighted by Gasteiger charge is -2.21. The summed E-state index contributed by atoms with van der Waals surface area (Å²) in [6, 6.07) is 21.3. The minimum atomic E-state index is -0.296. The molecule has 2 atom stereocenters. The lowest BCUT2D eigenvalue weighted by molar-refractivity contribution is -0.135. The van der Waals surface area contributed by atoms with Gasteiger partial charge in [0.15, 0.2) is 0 Å². The summed E-state index contributed by atoms with van der Waals surface area (Å²) >= 11 is 0. The van der Waals surface area contributed by atoms with Crippen molar-refractivity contribution in [3.63, 3.8) is 0 Å². The summed E-state index contributed by atoms with van der Waals surface area (Å²) in [6.45, 7) is 1.62. The summed E-state index contributed by atoms with van der Waals surface area (Å²) < 4.78 is 6.06. The summed E-state index contributed by atoms with van der Waals surface area (Å²) in [5, 5.41) is 1.07. The maximum atomic E-state index is 13.0. The Morgan fingerprint density at radius 1 is 0.967 bits per heavy atom. The van der Waals surface area contributed by atoms with Crippen molar-refractivity contribution in [2.45, 2.75) is 18.9 Å². The number of anilines is 1. The molecule has 0 aliphatic carbocycles. The largest absolute Gasteiger partial charge is 0.472 e. The molecule has 3 aromatic rings. The van der Waals surface area contributed by atoms with E-state index in [1.54, 1.807) is 4.90 Å². The number of carbonyl (C=O) groups excluding carboxylic acids is 2. The van der Waals surface area contributed by atoms with Gasteiger partial charge in [-0.1, -0.05) is 36.4 Å². The monoisotopic (exact) mass is 401 g/mol. The highest BCUT2D eigenvalue weighted by Crippen LogP contribution is 2.28. The van der Waals surface area contributed by atoms with Crippen molar-refractivity contribution in [2.75, 3.05) is 24.5 Å². The van der Waals surface area contributed by atoms with E-state index < -0.39 is 0 Å². The van der Waals surface area contributed by atoms with Crippen LogP contribution in [0.25, 0.3) is 10.9 Å². The Morgan fingerprint density at radius 2 is 1.77 bits per heavy atom. The highest BCUT2D eigenvalue weighted by Gasteiger charge is 2.39. The first-order chi connectivity index (χ1) is 14.7. The van der Waals surface area contributed by atoms with Gasteiger partial charge in [-0.25, -0.2) is 4.98 Å². The first kappa shape index (κ1) is 18.6. The van der Waals surface area contributed by atoms with E-state index in [9.17, 15) is 9.59 Å². The smallest absolute Gasteiger partial charge is 0.228 e. The van der Waals surface area contributed by atoms with Crippen molar-refractivity contribution in [3.8, 4) is 5.88 Å². The molecule has 1 aromatic heterocycles. The minimum absolute atomic E-state index is 0.00640. The van der Waals surface area contributed by atoms with Gasteiger partial charge in [-0.15, -0.1) is 0 Å². The Labute approximate surface area is 175 Å². The molecule has 152 valence electrons. The van der Waals surface area contributed by atoms with Crippen LogP contribution in [0.5, 0.6) is 5.88 Å². The summed E-state index contributed by atoms with van der Waals surface area (Å²) in [6.07, 6.45) is 0.954. The Kier molecular flexibility index (Phi) is 4.83. The fourth-order valence-corrected chi connectivity index (χ4v) is 4.30. The molecule has 0 N–H and O–H groups in total. The molecule has 0 radical (unpaired) electrons. The van der Waals surface area contributed by atoms with E-state index >= 15 is 0 Å². The van der Waals surface area contributed by atoms with Crippen molar-refractivity contribution in [2.24, 2.45) is 5.92 Å². The molecule has 5 rings (SSSR count). The van der Waals surface area contributed by atoms with Crippen LogP contribution in [0.1, 0.15) is 12.8 Å². The molecule has 6 nitrogen and oxygen atoms in total. The summed E-state index contributed by atoms with van der Waals surface area (Å²) in [5.74, 6) is 0.334. The predicted molar refractivity (Wildman–Crippen MR) is 114 cm³/mol. The summed E-state index contributed by atoms with van der Waals surface area (Å²) in [7, 11) is 0. The van der Waals surface area contributed by atoms with E-state index in [-0.39, 0.29) is 30.3 Å². The van der Waals surface area contributed by atoms with Gasteiger partial charge in [0.05, 0.1) is 18.0 Å². The third kappa shape index (κ3) is 3.61. The highest BCUT2D eigenvalue weighted by molar-refractivity contribution is 6.00. The zero-order valence-corrected chi connectivity index (χ0v) is 16.6. The van der Waals surface area contributed by atoms with Crippen LogP contribution in [0.2, 0.25) is 0 Å². The predicted octanol–water partition coefficient (Wildman–Crippen LogP) is 3.27. The van der Waals surface area contributed by atoms with Gasteiger partial charge in [0, 0.05) is 43.1 Å². The second kappa shape index (κ2) is 7.78. The summed E-state index contributed by atoms with van der Waals surface area (Å²) in [5.41, 5.74) is 1.74. The van der Waals surface area contributed by atoms with Crippen LogP contribution in [0, 0.1) is 5.92 Å². The third-order valence-electron chi connectivity index (χ3n) is 5.86. The molecular weight excluding hydrogens is 378 g/mol. The Bertz CT molecular complexity index is 1090. The van der Waals surface area contributed by atoms with Crippen molar-refractivity contribution in [1.82, 2.24) is 9.88 Å². The molecular formula is C24H23N3O3. The molecule has 2 unspecified atom stereocenters. The van der Waals surface area contributed by atoms with Crippen LogP contribution in [-0.4, -0.2) is 47.4 Å². The average Bonchev–Trinajstić information content (AvgIpc) is 3.40. The van der Waals surface area contributed by atoms with Crippen LogP contribution in [0.15, 0.2) is 66.7 Å². The molecule has 6 heteroatoms. The minimum Gasteiger partial charge on any atom is -0.472 e. The van der Waals surface area contributed by atoms with Crippen molar-refractivity contribution in [1.29, 1.82) is 0 Å². The first-order valence-corrected chi connectivity index (χ1v) is 10.3. The van der Waals surface area contributed by atoms with Crippen molar-refractivity contribution >= 4 is 28.4 Å². The number of hydrogen-bond donors (Lipinski definition) is 0. The topological polar surface area (TPSA) is 62.7 Å². The fraction of sp³-hybridized carbons (Fsp3) is 0.292. The lowest BCUT2D eigenvalue weighted by atomic mass is 10.1. The molecule has 2 aliphatic rings. The summed E-state index contributed by atoms with van der Waals surface area (Å²) in [4.78, 5) is 33.6. The highest BCUT2D eigenvalue weighted by atomic mass is 16.5. The van der Waals surface area contributed by atoms with Crippen molar-refractivity contribution < 1.29 is 14.3 Å². The van der Waals surface area contributed by atoms with Gasteiger partial charge >= 0.3 is 0 Å². The maximum Gasteiger partial charge on any atom is 0.228 e. The van der Waals surface area contributed by atoms with Crippen LogP contribution in [0.3, 0.4) is 0 Å².